The number of aliphatic hydroxyl groups is 1. The van der Waals surface area contributed by atoms with Gasteiger partial charge >= 0.3 is 0 Å². The quantitative estimate of drug-likeness (QED) is 0.732. The molecule has 0 bridgehead atoms. The molecular formula is C11H13NO3. The van der Waals surface area contributed by atoms with Crippen molar-refractivity contribution in [1.82, 2.24) is 5.32 Å². The van der Waals surface area contributed by atoms with Crippen LogP contribution >= 0.6 is 0 Å². The van der Waals surface area contributed by atoms with Gasteiger partial charge in [-0.1, -0.05) is 6.07 Å². The van der Waals surface area contributed by atoms with Gasteiger partial charge in [0.05, 0.1) is 5.60 Å². The fourth-order valence-electron chi connectivity index (χ4n) is 1.97. The highest BCUT2D eigenvalue weighted by atomic mass is 16.7. The Morgan fingerprint density at radius 2 is 2.07 bits per heavy atom. The lowest BCUT2D eigenvalue weighted by molar-refractivity contribution is -0.00903. The van der Waals surface area contributed by atoms with Crippen LogP contribution < -0.4 is 14.8 Å². The maximum Gasteiger partial charge on any atom is 0.231 e. The number of benzene rings is 1. The zero-order chi connectivity index (χ0) is 10.3. The van der Waals surface area contributed by atoms with Crippen molar-refractivity contribution in [3.05, 3.63) is 23.8 Å². The van der Waals surface area contributed by atoms with E-state index in [0.717, 1.165) is 17.1 Å². The van der Waals surface area contributed by atoms with E-state index in [1.54, 1.807) is 0 Å². The molecule has 4 heteroatoms. The third kappa shape index (κ3) is 1.56. The Bertz CT molecular complexity index is 387. The van der Waals surface area contributed by atoms with Gasteiger partial charge in [0.1, 0.15) is 0 Å². The first-order valence-electron chi connectivity index (χ1n) is 5.07. The third-order valence-corrected chi connectivity index (χ3v) is 2.88. The number of hydrogen-bond acceptors (Lipinski definition) is 4. The molecule has 0 aliphatic carbocycles. The highest BCUT2D eigenvalue weighted by Crippen LogP contribution is 2.33. The van der Waals surface area contributed by atoms with Gasteiger partial charge in [-0.25, -0.2) is 0 Å². The molecule has 0 unspecified atom stereocenters. The molecule has 15 heavy (non-hydrogen) atoms. The number of hydrogen-bond donors (Lipinski definition) is 2. The van der Waals surface area contributed by atoms with Crippen molar-refractivity contribution in [1.29, 1.82) is 0 Å². The number of fused-ring (bicyclic) bond motifs is 1. The molecule has 0 atom stereocenters. The smallest absolute Gasteiger partial charge is 0.231 e. The average Bonchev–Trinajstić information content (AvgIpc) is 2.62. The molecule has 80 valence electrons. The maximum atomic E-state index is 9.98. The molecule has 2 heterocycles. The lowest BCUT2D eigenvalue weighted by atomic mass is 9.89. The zero-order valence-corrected chi connectivity index (χ0v) is 8.32. The minimum absolute atomic E-state index is 0.296. The van der Waals surface area contributed by atoms with Crippen molar-refractivity contribution in [3.63, 3.8) is 0 Å². The van der Waals surface area contributed by atoms with Gasteiger partial charge in [0, 0.05) is 19.5 Å². The van der Waals surface area contributed by atoms with E-state index in [2.05, 4.69) is 5.32 Å². The number of β-amino-alcohol motifs (C(OH)–C–C–N with tert-alkyl or cyclic N) is 1. The van der Waals surface area contributed by atoms with Crippen LogP contribution in [0.5, 0.6) is 11.5 Å². The molecule has 1 saturated heterocycles. The van der Waals surface area contributed by atoms with Crippen LogP contribution in [0.15, 0.2) is 18.2 Å². The fraction of sp³-hybridized carbons (Fsp3) is 0.455. The van der Waals surface area contributed by atoms with Crippen LogP contribution in [0.2, 0.25) is 0 Å². The molecule has 1 aromatic rings. The summed E-state index contributed by atoms with van der Waals surface area (Å²) in [4.78, 5) is 0. The summed E-state index contributed by atoms with van der Waals surface area (Å²) in [6.45, 7) is 1.63. The Labute approximate surface area is 87.8 Å². The van der Waals surface area contributed by atoms with E-state index in [4.69, 9.17) is 9.47 Å². The fourth-order valence-corrected chi connectivity index (χ4v) is 1.97. The number of nitrogens with one attached hydrogen (secondary N) is 1. The summed E-state index contributed by atoms with van der Waals surface area (Å²) in [5.41, 5.74) is 0.511. The summed E-state index contributed by atoms with van der Waals surface area (Å²) in [5, 5.41) is 13.0. The summed E-state index contributed by atoms with van der Waals surface area (Å²) in [6, 6.07) is 5.82. The van der Waals surface area contributed by atoms with E-state index in [1.165, 1.54) is 0 Å². The molecular weight excluding hydrogens is 194 g/mol. The molecule has 2 aliphatic rings. The highest BCUT2D eigenvalue weighted by Gasteiger charge is 2.34. The molecule has 0 saturated carbocycles. The summed E-state index contributed by atoms with van der Waals surface area (Å²) < 4.78 is 10.5. The van der Waals surface area contributed by atoms with Crippen molar-refractivity contribution >= 4 is 0 Å². The Morgan fingerprint density at radius 1 is 1.27 bits per heavy atom. The van der Waals surface area contributed by atoms with Gasteiger partial charge in [-0.05, 0) is 17.7 Å². The highest BCUT2D eigenvalue weighted by molar-refractivity contribution is 5.44. The van der Waals surface area contributed by atoms with E-state index in [-0.39, 0.29) is 0 Å². The van der Waals surface area contributed by atoms with Gasteiger partial charge in [0.25, 0.3) is 0 Å². The number of ether oxygens (including phenoxy) is 2. The molecule has 0 spiro atoms. The van der Waals surface area contributed by atoms with Gasteiger partial charge in [0.15, 0.2) is 11.5 Å². The topological polar surface area (TPSA) is 50.7 Å². The van der Waals surface area contributed by atoms with E-state index < -0.39 is 5.60 Å². The molecule has 1 fully saturated rings. The molecule has 2 aliphatic heterocycles. The normalized spacial score (nSPS) is 21.1. The minimum atomic E-state index is -0.576. The van der Waals surface area contributed by atoms with Crippen LogP contribution in [0.4, 0.5) is 0 Å². The Hall–Kier alpha value is -1.26. The van der Waals surface area contributed by atoms with Gasteiger partial charge in [0.2, 0.25) is 6.79 Å². The first-order chi connectivity index (χ1) is 7.25. The van der Waals surface area contributed by atoms with Gasteiger partial charge in [-0.3, -0.25) is 0 Å². The van der Waals surface area contributed by atoms with Gasteiger partial charge in [-0.15, -0.1) is 0 Å². The summed E-state index contributed by atoms with van der Waals surface area (Å²) in [6.07, 6.45) is 0.663. The SMILES string of the molecule is OC1(Cc2ccc3c(c2)OCO3)CNC1. The van der Waals surface area contributed by atoms with Crippen molar-refractivity contribution in [2.45, 2.75) is 12.0 Å². The van der Waals surface area contributed by atoms with Crippen molar-refractivity contribution in [2.24, 2.45) is 0 Å². The largest absolute Gasteiger partial charge is 0.454 e. The van der Waals surface area contributed by atoms with E-state index >= 15 is 0 Å². The second-order valence-electron chi connectivity index (χ2n) is 4.19. The molecule has 4 nitrogen and oxygen atoms in total. The van der Waals surface area contributed by atoms with Crippen molar-refractivity contribution < 1.29 is 14.6 Å². The Balaban J connectivity index is 1.81. The molecule has 3 rings (SSSR count). The minimum Gasteiger partial charge on any atom is -0.454 e. The first-order valence-corrected chi connectivity index (χ1v) is 5.07. The van der Waals surface area contributed by atoms with Crippen LogP contribution in [0.3, 0.4) is 0 Å². The van der Waals surface area contributed by atoms with Gasteiger partial charge in [-0.2, -0.15) is 0 Å². The van der Waals surface area contributed by atoms with Crippen LogP contribution in [-0.2, 0) is 6.42 Å². The van der Waals surface area contributed by atoms with E-state index in [9.17, 15) is 5.11 Å². The monoisotopic (exact) mass is 207 g/mol. The lowest BCUT2D eigenvalue weighted by Crippen LogP contribution is -2.60. The van der Waals surface area contributed by atoms with Crippen LogP contribution in [0, 0.1) is 0 Å². The molecule has 0 radical (unpaired) electrons. The molecule has 2 N–H and O–H groups in total. The van der Waals surface area contributed by atoms with Crippen LogP contribution in [0.25, 0.3) is 0 Å². The Kier molecular flexibility index (Phi) is 1.87. The standard InChI is InChI=1S/C11H13NO3/c13-11(5-12-6-11)4-8-1-2-9-10(3-8)15-7-14-9/h1-3,12-13H,4-7H2. The van der Waals surface area contributed by atoms with Crippen LogP contribution in [-0.4, -0.2) is 30.6 Å². The predicted molar refractivity (Wildman–Crippen MR) is 54.1 cm³/mol. The lowest BCUT2D eigenvalue weighted by Gasteiger charge is -2.37. The van der Waals surface area contributed by atoms with Crippen molar-refractivity contribution in [3.8, 4) is 11.5 Å². The third-order valence-electron chi connectivity index (χ3n) is 2.88. The van der Waals surface area contributed by atoms with E-state index in [0.29, 0.717) is 26.3 Å². The van der Waals surface area contributed by atoms with Gasteiger partial charge < -0.3 is 19.9 Å². The van der Waals surface area contributed by atoms with Crippen molar-refractivity contribution in [2.75, 3.05) is 19.9 Å². The maximum absolute atomic E-state index is 9.98. The Morgan fingerprint density at radius 3 is 2.80 bits per heavy atom. The summed E-state index contributed by atoms with van der Waals surface area (Å²) in [5.74, 6) is 1.57. The average molecular weight is 207 g/mol. The zero-order valence-electron chi connectivity index (χ0n) is 8.32. The first kappa shape index (κ1) is 9.00. The van der Waals surface area contributed by atoms with E-state index in [1.807, 2.05) is 18.2 Å². The summed E-state index contributed by atoms with van der Waals surface area (Å²) in [7, 11) is 0. The number of rotatable bonds is 2. The molecule has 0 aromatic heterocycles. The molecule has 0 amide bonds. The second kappa shape index (κ2) is 3.12. The van der Waals surface area contributed by atoms with Crippen LogP contribution in [0.1, 0.15) is 5.56 Å². The second-order valence-corrected chi connectivity index (χ2v) is 4.19. The molecule has 1 aromatic carbocycles. The summed E-state index contributed by atoms with van der Waals surface area (Å²) >= 11 is 0. The predicted octanol–water partition coefficient (Wildman–Crippen LogP) is 0.292.